The summed E-state index contributed by atoms with van der Waals surface area (Å²) in [4.78, 5) is 7.17. The Morgan fingerprint density at radius 3 is 2.59 bits per heavy atom. The number of nitrogens with one attached hydrogen (secondary N) is 2. The van der Waals surface area contributed by atoms with Crippen LogP contribution in [-0.2, 0) is 6.67 Å². The molecule has 1 aliphatic heterocycles. The summed E-state index contributed by atoms with van der Waals surface area (Å²) < 4.78 is 26.2. The van der Waals surface area contributed by atoms with Gasteiger partial charge < -0.3 is 19.0 Å². The van der Waals surface area contributed by atoms with Gasteiger partial charge in [0.15, 0.2) is 25.2 Å². The van der Waals surface area contributed by atoms with Crippen LogP contribution in [0.1, 0.15) is 18.9 Å². The Kier molecular flexibility index (Phi) is 5.86. The van der Waals surface area contributed by atoms with Gasteiger partial charge in [-0.3, -0.25) is 0 Å². The van der Waals surface area contributed by atoms with Gasteiger partial charge in [-0.05, 0) is 43.4 Å². The molecular formula is C20H24FN5O2S+2. The molecule has 0 radical (unpaired) electrons. The minimum Gasteiger partial charge on any atom is -0.481 e. The largest absolute Gasteiger partial charge is 0.481 e. The smallest absolute Gasteiger partial charge is 0.292 e. The topological polar surface area (TPSA) is 62.0 Å². The first-order valence-electron chi connectivity index (χ1n) is 9.63. The highest BCUT2D eigenvalue weighted by Gasteiger charge is 2.23. The lowest BCUT2D eigenvalue weighted by molar-refractivity contribution is -0.924. The average molecular weight is 418 g/mol. The van der Waals surface area contributed by atoms with E-state index in [-0.39, 0.29) is 5.82 Å². The van der Waals surface area contributed by atoms with Crippen LogP contribution in [0.2, 0.25) is 0 Å². The number of hydrogen-bond acceptors (Lipinski definition) is 5. The van der Waals surface area contributed by atoms with Gasteiger partial charge in [-0.2, -0.15) is 4.68 Å². The van der Waals surface area contributed by atoms with Crippen LogP contribution in [0.3, 0.4) is 0 Å². The SMILES string of the molecule is C[C@H](Oc1ccc(F)cc1)c1nn(C[NH+]2CCN(c3cc[nH+]cc3)CC2)c(=S)o1. The van der Waals surface area contributed by atoms with E-state index < -0.39 is 6.10 Å². The third kappa shape index (κ3) is 4.80. The molecule has 0 amide bonds. The van der Waals surface area contributed by atoms with E-state index in [2.05, 4.69) is 27.1 Å². The number of quaternary nitrogens is 1. The summed E-state index contributed by atoms with van der Waals surface area (Å²) in [5.41, 5.74) is 1.23. The molecule has 29 heavy (non-hydrogen) atoms. The first kappa shape index (κ1) is 19.5. The van der Waals surface area contributed by atoms with Gasteiger partial charge >= 0.3 is 0 Å². The van der Waals surface area contributed by atoms with Gasteiger partial charge in [0, 0.05) is 17.8 Å². The van der Waals surface area contributed by atoms with E-state index in [0.29, 0.717) is 23.1 Å². The van der Waals surface area contributed by atoms with Gasteiger partial charge in [0.1, 0.15) is 11.6 Å². The quantitative estimate of drug-likeness (QED) is 0.618. The molecule has 0 saturated carbocycles. The minimum absolute atomic E-state index is 0.305. The molecule has 9 heteroatoms. The molecule has 4 rings (SSSR count). The van der Waals surface area contributed by atoms with E-state index in [1.807, 2.05) is 19.3 Å². The summed E-state index contributed by atoms with van der Waals surface area (Å²) in [5.74, 6) is 0.660. The molecular weight excluding hydrogens is 393 g/mol. The van der Waals surface area contributed by atoms with Gasteiger partial charge in [-0.25, -0.2) is 9.37 Å². The fraction of sp³-hybridized carbons (Fsp3) is 0.350. The Hall–Kier alpha value is -2.78. The maximum Gasteiger partial charge on any atom is 0.292 e. The lowest BCUT2D eigenvalue weighted by atomic mass is 10.3. The Morgan fingerprint density at radius 2 is 1.90 bits per heavy atom. The number of pyridine rings is 1. The lowest BCUT2D eigenvalue weighted by Gasteiger charge is -2.32. The number of rotatable bonds is 6. The van der Waals surface area contributed by atoms with Crippen molar-refractivity contribution in [3.63, 3.8) is 0 Å². The predicted octanol–water partition coefficient (Wildman–Crippen LogP) is 1.66. The second kappa shape index (κ2) is 8.71. The molecule has 0 spiro atoms. The van der Waals surface area contributed by atoms with E-state index in [1.165, 1.54) is 22.7 Å². The molecule has 152 valence electrons. The first-order chi connectivity index (χ1) is 14.1. The number of aromatic amines is 1. The van der Waals surface area contributed by atoms with E-state index in [1.54, 1.807) is 16.8 Å². The summed E-state index contributed by atoms with van der Waals surface area (Å²) in [6.07, 6.45) is 3.46. The van der Waals surface area contributed by atoms with Crippen LogP contribution in [0.25, 0.3) is 0 Å². The Labute approximate surface area is 173 Å². The van der Waals surface area contributed by atoms with Crippen molar-refractivity contribution in [3.8, 4) is 5.75 Å². The van der Waals surface area contributed by atoms with Crippen molar-refractivity contribution in [2.75, 3.05) is 31.1 Å². The van der Waals surface area contributed by atoms with Crippen molar-refractivity contribution in [1.29, 1.82) is 0 Å². The molecule has 0 unspecified atom stereocenters. The molecule has 1 atom stereocenters. The van der Waals surface area contributed by atoms with Crippen molar-refractivity contribution in [2.45, 2.75) is 19.7 Å². The maximum absolute atomic E-state index is 13.0. The van der Waals surface area contributed by atoms with Crippen molar-refractivity contribution in [2.24, 2.45) is 0 Å². The molecule has 1 fully saturated rings. The first-order valence-corrected chi connectivity index (χ1v) is 10.0. The number of halogens is 1. The monoisotopic (exact) mass is 417 g/mol. The summed E-state index contributed by atoms with van der Waals surface area (Å²) in [6.45, 7) is 6.41. The Morgan fingerprint density at radius 1 is 1.21 bits per heavy atom. The number of piperazine rings is 1. The van der Waals surface area contributed by atoms with Crippen molar-refractivity contribution >= 4 is 17.9 Å². The van der Waals surface area contributed by atoms with Crippen LogP contribution in [0.15, 0.2) is 53.2 Å². The molecule has 0 bridgehead atoms. The second-order valence-electron chi connectivity index (χ2n) is 7.07. The predicted molar refractivity (Wildman–Crippen MR) is 107 cm³/mol. The van der Waals surface area contributed by atoms with Gasteiger partial charge in [-0.15, -0.1) is 5.10 Å². The standard InChI is InChI=1S/C20H22FN5O2S/c1-15(27-18-4-2-16(21)3-5-18)19-23-26(20(29)28-19)14-24-10-12-25(13-11-24)17-6-8-22-9-7-17/h2-9,15H,10-14H2,1H3/p+2/t15-/m0/s1. The van der Waals surface area contributed by atoms with Crippen molar-refractivity contribution < 1.29 is 23.4 Å². The molecule has 2 N–H and O–H groups in total. The van der Waals surface area contributed by atoms with Crippen LogP contribution in [0, 0.1) is 10.7 Å². The summed E-state index contributed by atoms with van der Waals surface area (Å²) in [6, 6.07) is 10.0. The average Bonchev–Trinajstić information content (AvgIpc) is 3.11. The van der Waals surface area contributed by atoms with Gasteiger partial charge in [0.2, 0.25) is 0 Å². The highest BCUT2D eigenvalue weighted by atomic mass is 32.1. The second-order valence-corrected chi connectivity index (χ2v) is 7.42. The molecule has 3 aromatic rings. The van der Waals surface area contributed by atoms with Crippen LogP contribution in [-0.4, -0.2) is 36.0 Å². The number of benzene rings is 1. The van der Waals surface area contributed by atoms with Crippen molar-refractivity contribution in [3.05, 3.63) is 65.3 Å². The van der Waals surface area contributed by atoms with Crippen LogP contribution >= 0.6 is 12.2 Å². The van der Waals surface area contributed by atoms with Crippen LogP contribution in [0.5, 0.6) is 5.75 Å². The summed E-state index contributed by atoms with van der Waals surface area (Å²) in [5, 5.41) is 4.50. The van der Waals surface area contributed by atoms with E-state index in [4.69, 9.17) is 21.4 Å². The number of anilines is 1. The maximum atomic E-state index is 13.0. The fourth-order valence-electron chi connectivity index (χ4n) is 3.39. The molecule has 1 aliphatic rings. The Balaban J connectivity index is 1.35. The lowest BCUT2D eigenvalue weighted by Crippen LogP contribution is -3.14. The number of ether oxygens (including phenoxy) is 1. The number of aromatic nitrogens is 3. The van der Waals surface area contributed by atoms with Gasteiger partial charge in [-0.1, -0.05) is 0 Å². The van der Waals surface area contributed by atoms with Crippen molar-refractivity contribution in [1.82, 2.24) is 9.78 Å². The van der Waals surface area contributed by atoms with Gasteiger partial charge in [0.25, 0.3) is 10.7 Å². The molecule has 1 saturated heterocycles. The third-order valence-electron chi connectivity index (χ3n) is 5.01. The highest BCUT2D eigenvalue weighted by molar-refractivity contribution is 7.71. The molecule has 3 heterocycles. The van der Waals surface area contributed by atoms with Gasteiger partial charge in [0.05, 0.1) is 26.2 Å². The molecule has 2 aromatic heterocycles. The highest BCUT2D eigenvalue weighted by Crippen LogP contribution is 2.21. The fourth-order valence-corrected chi connectivity index (χ4v) is 3.58. The zero-order valence-electron chi connectivity index (χ0n) is 16.2. The number of H-pyrrole nitrogens is 1. The van der Waals surface area contributed by atoms with E-state index in [0.717, 1.165) is 26.2 Å². The summed E-state index contributed by atoms with van der Waals surface area (Å²) in [7, 11) is 0. The zero-order chi connectivity index (χ0) is 20.2. The third-order valence-corrected chi connectivity index (χ3v) is 5.30. The normalized spacial score (nSPS) is 16.0. The zero-order valence-corrected chi connectivity index (χ0v) is 17.0. The molecule has 0 aliphatic carbocycles. The van der Waals surface area contributed by atoms with Crippen LogP contribution < -0.4 is 19.5 Å². The van der Waals surface area contributed by atoms with E-state index >= 15 is 0 Å². The number of nitrogens with zero attached hydrogens (tertiary/aromatic N) is 3. The van der Waals surface area contributed by atoms with E-state index in [9.17, 15) is 4.39 Å². The molecule has 1 aromatic carbocycles. The summed E-state index contributed by atoms with van der Waals surface area (Å²) >= 11 is 5.34. The number of hydrogen-bond donors (Lipinski definition) is 1. The Bertz CT molecular complexity index is 984. The minimum atomic E-state index is -0.426. The molecule has 7 nitrogen and oxygen atoms in total. The van der Waals surface area contributed by atoms with Crippen LogP contribution in [0.4, 0.5) is 10.1 Å².